The molecule has 0 rings (SSSR count). The third-order valence-electron chi connectivity index (χ3n) is 2.18. The highest BCUT2D eigenvalue weighted by molar-refractivity contribution is 5.76. The van der Waals surface area contributed by atoms with Crippen molar-refractivity contribution in [2.24, 2.45) is 0 Å². The molecule has 0 heterocycles. The van der Waals surface area contributed by atoms with E-state index in [2.05, 4.69) is 11.2 Å². The molecule has 0 aromatic heterocycles. The van der Waals surface area contributed by atoms with Crippen LogP contribution >= 0.6 is 0 Å². The van der Waals surface area contributed by atoms with Crippen LogP contribution in [0.5, 0.6) is 0 Å². The van der Waals surface area contributed by atoms with E-state index in [0.717, 1.165) is 32.1 Å². The molecule has 0 aliphatic rings. The number of unbranched alkanes of at least 4 members (excludes halogenated alkanes) is 2. The number of hydrogen-bond donors (Lipinski definition) is 2. The highest BCUT2D eigenvalue weighted by atomic mass is 16.2. The molecule has 0 aromatic rings. The predicted octanol–water partition coefficient (Wildman–Crippen LogP) is 1.46. The molecular formula is C12H21NO2. The molecule has 0 aliphatic carbocycles. The normalized spacial score (nSPS) is 11.8. The van der Waals surface area contributed by atoms with Crippen molar-refractivity contribution in [1.82, 2.24) is 5.32 Å². The van der Waals surface area contributed by atoms with Crippen molar-refractivity contribution < 1.29 is 9.90 Å². The zero-order valence-electron chi connectivity index (χ0n) is 9.46. The first-order chi connectivity index (χ1) is 7.20. The lowest BCUT2D eigenvalue weighted by molar-refractivity contribution is -0.121. The number of terminal acetylenes is 1. The molecule has 15 heavy (non-hydrogen) atoms. The third-order valence-corrected chi connectivity index (χ3v) is 2.18. The molecule has 0 aromatic carbocycles. The van der Waals surface area contributed by atoms with Crippen molar-refractivity contribution in [3.8, 4) is 12.3 Å². The van der Waals surface area contributed by atoms with Gasteiger partial charge in [-0.2, -0.15) is 0 Å². The molecule has 0 radical (unpaired) electrons. The second-order valence-electron chi connectivity index (χ2n) is 3.75. The Hall–Kier alpha value is -1.01. The van der Waals surface area contributed by atoms with Crippen LogP contribution in [-0.4, -0.2) is 23.7 Å². The van der Waals surface area contributed by atoms with E-state index in [1.165, 1.54) is 0 Å². The van der Waals surface area contributed by atoms with Crippen molar-refractivity contribution in [3.63, 3.8) is 0 Å². The molecule has 86 valence electrons. The Labute approximate surface area is 92.3 Å². The Morgan fingerprint density at radius 3 is 2.80 bits per heavy atom. The molecule has 1 atom stereocenters. The molecular weight excluding hydrogens is 190 g/mol. The Bertz CT molecular complexity index is 208. The lowest BCUT2D eigenvalue weighted by atomic mass is 10.1. The summed E-state index contributed by atoms with van der Waals surface area (Å²) in [5, 5.41) is 11.5. The van der Waals surface area contributed by atoms with Crippen molar-refractivity contribution in [3.05, 3.63) is 0 Å². The number of aliphatic hydroxyl groups is 1. The van der Waals surface area contributed by atoms with E-state index in [-0.39, 0.29) is 18.6 Å². The molecule has 3 heteroatoms. The maximum atomic E-state index is 11.4. The molecule has 1 amide bonds. The first-order valence-electron chi connectivity index (χ1n) is 5.54. The Balaban J connectivity index is 3.43. The van der Waals surface area contributed by atoms with Crippen LogP contribution in [0.4, 0.5) is 0 Å². The standard InChI is InChI=1S/C12H21NO2/c1-3-4-5-6-9-12(15)13-11(2)8-7-10-14/h1,11,14H,4-10H2,2H3,(H,13,15). The fourth-order valence-corrected chi connectivity index (χ4v) is 1.33. The van der Waals surface area contributed by atoms with Gasteiger partial charge in [0.25, 0.3) is 0 Å². The minimum Gasteiger partial charge on any atom is -0.396 e. The number of amides is 1. The molecule has 0 bridgehead atoms. The van der Waals surface area contributed by atoms with Gasteiger partial charge in [0.1, 0.15) is 0 Å². The SMILES string of the molecule is C#CCCCCC(=O)NC(C)CCCO. The van der Waals surface area contributed by atoms with Gasteiger partial charge in [-0.1, -0.05) is 0 Å². The first kappa shape index (κ1) is 14.0. The quantitative estimate of drug-likeness (QED) is 0.471. The van der Waals surface area contributed by atoms with Gasteiger partial charge in [0.15, 0.2) is 0 Å². The Morgan fingerprint density at radius 1 is 1.47 bits per heavy atom. The molecule has 0 saturated carbocycles. The van der Waals surface area contributed by atoms with Gasteiger partial charge in [-0.05, 0) is 32.6 Å². The zero-order valence-corrected chi connectivity index (χ0v) is 9.46. The van der Waals surface area contributed by atoms with Gasteiger partial charge in [-0.3, -0.25) is 4.79 Å². The van der Waals surface area contributed by atoms with Crippen LogP contribution in [0.3, 0.4) is 0 Å². The Kier molecular flexibility index (Phi) is 8.90. The van der Waals surface area contributed by atoms with Crippen LogP contribution in [0.1, 0.15) is 45.4 Å². The molecule has 3 nitrogen and oxygen atoms in total. The molecule has 0 fully saturated rings. The molecule has 0 aliphatic heterocycles. The number of rotatable bonds is 8. The molecule has 1 unspecified atom stereocenters. The smallest absolute Gasteiger partial charge is 0.220 e. The number of hydrogen-bond acceptors (Lipinski definition) is 2. The summed E-state index contributed by atoms with van der Waals surface area (Å²) in [6.45, 7) is 2.14. The van der Waals surface area contributed by atoms with Gasteiger partial charge < -0.3 is 10.4 Å². The molecule has 0 saturated heterocycles. The fourth-order valence-electron chi connectivity index (χ4n) is 1.33. The maximum absolute atomic E-state index is 11.4. The zero-order chi connectivity index (χ0) is 11.5. The number of carbonyl (C=O) groups is 1. The van der Waals surface area contributed by atoms with Gasteiger partial charge in [-0.15, -0.1) is 12.3 Å². The van der Waals surface area contributed by atoms with E-state index in [1.807, 2.05) is 6.92 Å². The lowest BCUT2D eigenvalue weighted by Gasteiger charge is -2.12. The third kappa shape index (κ3) is 9.30. The van der Waals surface area contributed by atoms with Crippen LogP contribution in [0.25, 0.3) is 0 Å². The summed E-state index contributed by atoms with van der Waals surface area (Å²) in [6.07, 6.45) is 9.72. The maximum Gasteiger partial charge on any atom is 0.220 e. The fraction of sp³-hybridized carbons (Fsp3) is 0.750. The highest BCUT2D eigenvalue weighted by Crippen LogP contribution is 2.00. The highest BCUT2D eigenvalue weighted by Gasteiger charge is 2.05. The summed E-state index contributed by atoms with van der Waals surface area (Å²) < 4.78 is 0. The van der Waals surface area contributed by atoms with Crippen LogP contribution in [0.15, 0.2) is 0 Å². The largest absolute Gasteiger partial charge is 0.396 e. The van der Waals surface area contributed by atoms with E-state index in [0.29, 0.717) is 6.42 Å². The summed E-state index contributed by atoms with van der Waals surface area (Å²) in [4.78, 5) is 11.4. The van der Waals surface area contributed by atoms with Crippen molar-refractivity contribution >= 4 is 5.91 Å². The lowest BCUT2D eigenvalue weighted by Crippen LogP contribution is -2.32. The van der Waals surface area contributed by atoms with E-state index in [9.17, 15) is 4.79 Å². The van der Waals surface area contributed by atoms with E-state index in [1.54, 1.807) is 0 Å². The van der Waals surface area contributed by atoms with Gasteiger partial charge >= 0.3 is 0 Å². The summed E-state index contributed by atoms with van der Waals surface area (Å²) in [5.41, 5.74) is 0. The second kappa shape index (κ2) is 9.54. The van der Waals surface area contributed by atoms with Crippen molar-refractivity contribution in [2.45, 2.75) is 51.5 Å². The van der Waals surface area contributed by atoms with E-state index < -0.39 is 0 Å². The molecule has 0 spiro atoms. The average Bonchev–Trinajstić information content (AvgIpc) is 2.21. The van der Waals surface area contributed by atoms with Gasteiger partial charge in [0.05, 0.1) is 0 Å². The van der Waals surface area contributed by atoms with Crippen molar-refractivity contribution in [2.75, 3.05) is 6.61 Å². The van der Waals surface area contributed by atoms with Gasteiger partial charge in [-0.25, -0.2) is 0 Å². The number of carbonyl (C=O) groups excluding carboxylic acids is 1. The van der Waals surface area contributed by atoms with Gasteiger partial charge in [0.2, 0.25) is 5.91 Å². The summed E-state index contributed by atoms with van der Waals surface area (Å²) in [7, 11) is 0. The van der Waals surface area contributed by atoms with Crippen molar-refractivity contribution in [1.29, 1.82) is 0 Å². The van der Waals surface area contributed by atoms with Crippen LogP contribution in [-0.2, 0) is 4.79 Å². The van der Waals surface area contributed by atoms with Crippen LogP contribution < -0.4 is 5.32 Å². The predicted molar refractivity (Wildman–Crippen MR) is 61.2 cm³/mol. The van der Waals surface area contributed by atoms with Crippen LogP contribution in [0, 0.1) is 12.3 Å². The summed E-state index contributed by atoms with van der Waals surface area (Å²) >= 11 is 0. The summed E-state index contributed by atoms with van der Waals surface area (Å²) in [6, 6.07) is 0.150. The minimum absolute atomic E-state index is 0.0810. The van der Waals surface area contributed by atoms with Gasteiger partial charge in [0, 0.05) is 25.5 Å². The Morgan fingerprint density at radius 2 is 2.20 bits per heavy atom. The number of nitrogens with one attached hydrogen (secondary N) is 1. The topological polar surface area (TPSA) is 49.3 Å². The van der Waals surface area contributed by atoms with Crippen LogP contribution in [0.2, 0.25) is 0 Å². The first-order valence-corrected chi connectivity index (χ1v) is 5.54. The van der Waals surface area contributed by atoms with E-state index >= 15 is 0 Å². The number of aliphatic hydroxyl groups excluding tert-OH is 1. The summed E-state index contributed by atoms with van der Waals surface area (Å²) in [5.74, 6) is 2.63. The monoisotopic (exact) mass is 211 g/mol. The van der Waals surface area contributed by atoms with E-state index in [4.69, 9.17) is 11.5 Å². The molecule has 2 N–H and O–H groups in total. The minimum atomic E-state index is 0.0810. The second-order valence-corrected chi connectivity index (χ2v) is 3.75. The average molecular weight is 211 g/mol.